The van der Waals surface area contributed by atoms with Crippen molar-refractivity contribution < 1.29 is 9.53 Å². The average molecular weight is 157 g/mol. The van der Waals surface area contributed by atoms with Gasteiger partial charge in [0.2, 0.25) is 0 Å². The third kappa shape index (κ3) is 1.80. The van der Waals surface area contributed by atoms with Crippen molar-refractivity contribution in [2.24, 2.45) is 0 Å². The van der Waals surface area contributed by atoms with E-state index in [1.807, 2.05) is 5.38 Å². The summed E-state index contributed by atoms with van der Waals surface area (Å²) in [6, 6.07) is 0. The Hall–Kier alpha value is -0.900. The molecule has 1 aromatic rings. The number of thiazole rings is 1. The van der Waals surface area contributed by atoms with Gasteiger partial charge in [0.25, 0.3) is 0 Å². The molecule has 0 N–H and O–H groups in total. The molecule has 0 saturated heterocycles. The smallest absolute Gasteiger partial charge is 0.311 e. The lowest BCUT2D eigenvalue weighted by molar-refractivity contribution is -0.139. The molecule has 10 heavy (non-hydrogen) atoms. The highest BCUT2D eigenvalue weighted by Gasteiger charge is 2.02. The van der Waals surface area contributed by atoms with Crippen LogP contribution in [-0.2, 0) is 16.0 Å². The van der Waals surface area contributed by atoms with Gasteiger partial charge < -0.3 is 4.74 Å². The van der Waals surface area contributed by atoms with Gasteiger partial charge in [0.05, 0.1) is 24.7 Å². The summed E-state index contributed by atoms with van der Waals surface area (Å²) >= 11 is 1.47. The quantitative estimate of drug-likeness (QED) is 0.598. The summed E-state index contributed by atoms with van der Waals surface area (Å²) in [4.78, 5) is 14.5. The molecule has 4 heteroatoms. The number of nitrogens with zero attached hydrogens (tertiary/aromatic N) is 1. The molecule has 54 valence electrons. The second kappa shape index (κ2) is 3.31. The third-order valence-corrected chi connectivity index (χ3v) is 1.67. The minimum absolute atomic E-state index is 0.245. The van der Waals surface area contributed by atoms with Crippen molar-refractivity contribution in [2.45, 2.75) is 6.42 Å². The number of hydrogen-bond acceptors (Lipinski definition) is 4. The fourth-order valence-electron chi connectivity index (χ4n) is 0.545. The van der Waals surface area contributed by atoms with Crippen molar-refractivity contribution in [3.63, 3.8) is 0 Å². The fraction of sp³-hybridized carbons (Fsp3) is 0.333. The standard InChI is InChI=1S/C6H7NO2S/c1-9-6(8)2-5-3-10-4-7-5/h3-4H,2H2,1H3. The molecule has 0 aliphatic heterocycles. The predicted molar refractivity (Wildman–Crippen MR) is 37.8 cm³/mol. The van der Waals surface area contributed by atoms with Crippen LogP contribution in [0.1, 0.15) is 5.69 Å². The lowest BCUT2D eigenvalue weighted by Crippen LogP contribution is -2.04. The third-order valence-electron chi connectivity index (χ3n) is 1.04. The van der Waals surface area contributed by atoms with E-state index in [1.165, 1.54) is 18.4 Å². The second-order valence-electron chi connectivity index (χ2n) is 1.73. The van der Waals surface area contributed by atoms with E-state index in [-0.39, 0.29) is 12.4 Å². The van der Waals surface area contributed by atoms with Crippen LogP contribution in [0.15, 0.2) is 10.9 Å². The van der Waals surface area contributed by atoms with Gasteiger partial charge in [-0.15, -0.1) is 11.3 Å². The number of rotatable bonds is 2. The van der Waals surface area contributed by atoms with Crippen LogP contribution in [0.5, 0.6) is 0 Å². The van der Waals surface area contributed by atoms with Gasteiger partial charge in [-0.25, -0.2) is 4.98 Å². The van der Waals surface area contributed by atoms with Gasteiger partial charge in [0.1, 0.15) is 0 Å². The Balaban J connectivity index is 2.48. The molecule has 0 radical (unpaired) electrons. The van der Waals surface area contributed by atoms with Gasteiger partial charge >= 0.3 is 5.97 Å². The number of carbonyl (C=O) groups excluding carboxylic acids is 1. The molecule has 0 aromatic carbocycles. The van der Waals surface area contributed by atoms with E-state index in [1.54, 1.807) is 5.51 Å². The van der Waals surface area contributed by atoms with Crippen LogP contribution < -0.4 is 0 Å². The van der Waals surface area contributed by atoms with Gasteiger partial charge in [-0.1, -0.05) is 0 Å². The number of ether oxygens (including phenoxy) is 1. The molecule has 0 saturated carbocycles. The number of esters is 1. The first-order valence-electron chi connectivity index (χ1n) is 2.77. The minimum Gasteiger partial charge on any atom is -0.469 e. The van der Waals surface area contributed by atoms with Gasteiger partial charge in [-0.3, -0.25) is 4.79 Å². The maximum Gasteiger partial charge on any atom is 0.311 e. The van der Waals surface area contributed by atoms with E-state index in [0.717, 1.165) is 5.69 Å². The van der Waals surface area contributed by atoms with Crippen LogP contribution in [0.3, 0.4) is 0 Å². The first-order chi connectivity index (χ1) is 4.83. The normalized spacial score (nSPS) is 9.30. The molecule has 0 amide bonds. The van der Waals surface area contributed by atoms with Crippen LogP contribution >= 0.6 is 11.3 Å². The van der Waals surface area contributed by atoms with Crippen LogP contribution in [-0.4, -0.2) is 18.1 Å². The SMILES string of the molecule is COC(=O)Cc1cscn1. The van der Waals surface area contributed by atoms with E-state index in [0.29, 0.717) is 0 Å². The van der Waals surface area contributed by atoms with Crippen LogP contribution in [0.25, 0.3) is 0 Å². The number of aromatic nitrogens is 1. The highest BCUT2D eigenvalue weighted by atomic mass is 32.1. The number of methoxy groups -OCH3 is 1. The van der Waals surface area contributed by atoms with Crippen molar-refractivity contribution in [3.05, 3.63) is 16.6 Å². The van der Waals surface area contributed by atoms with Crippen LogP contribution in [0.4, 0.5) is 0 Å². The molecule has 0 bridgehead atoms. The Bertz CT molecular complexity index is 208. The summed E-state index contributed by atoms with van der Waals surface area (Å²) in [5, 5.41) is 1.83. The zero-order valence-corrected chi connectivity index (χ0v) is 6.35. The minimum atomic E-state index is -0.245. The lowest BCUT2D eigenvalue weighted by Gasteiger charge is -1.92. The summed E-state index contributed by atoms with van der Waals surface area (Å²) in [7, 11) is 1.37. The van der Waals surface area contributed by atoms with Crippen molar-refractivity contribution in [3.8, 4) is 0 Å². The van der Waals surface area contributed by atoms with E-state index < -0.39 is 0 Å². The average Bonchev–Trinajstić information content (AvgIpc) is 2.40. The molecule has 0 fully saturated rings. The molecule has 0 atom stereocenters. The fourth-order valence-corrected chi connectivity index (χ4v) is 1.10. The highest BCUT2D eigenvalue weighted by Crippen LogP contribution is 2.01. The summed E-state index contributed by atoms with van der Waals surface area (Å²) in [5.41, 5.74) is 2.47. The predicted octanol–water partition coefficient (Wildman–Crippen LogP) is 0.859. The Morgan fingerprint density at radius 2 is 2.70 bits per heavy atom. The summed E-state index contributed by atoms with van der Waals surface area (Å²) in [6.45, 7) is 0. The zero-order valence-electron chi connectivity index (χ0n) is 5.53. The Morgan fingerprint density at radius 3 is 3.20 bits per heavy atom. The molecule has 0 unspecified atom stereocenters. The summed E-state index contributed by atoms with van der Waals surface area (Å²) in [6.07, 6.45) is 0.278. The molecule has 0 aliphatic carbocycles. The van der Waals surface area contributed by atoms with Crippen molar-refractivity contribution in [1.82, 2.24) is 4.98 Å². The molecular weight excluding hydrogens is 150 g/mol. The van der Waals surface area contributed by atoms with Gasteiger partial charge in [-0.2, -0.15) is 0 Å². The van der Waals surface area contributed by atoms with E-state index in [2.05, 4.69) is 9.72 Å². The summed E-state index contributed by atoms with van der Waals surface area (Å²) in [5.74, 6) is -0.245. The van der Waals surface area contributed by atoms with Gasteiger partial charge in [0, 0.05) is 5.38 Å². The number of hydrogen-bond donors (Lipinski definition) is 0. The van der Waals surface area contributed by atoms with E-state index in [9.17, 15) is 4.79 Å². The molecule has 3 nitrogen and oxygen atoms in total. The maximum atomic E-state index is 10.6. The summed E-state index contributed by atoms with van der Waals surface area (Å²) < 4.78 is 4.45. The Morgan fingerprint density at radius 1 is 1.90 bits per heavy atom. The Labute approximate surface area is 62.7 Å². The van der Waals surface area contributed by atoms with Crippen molar-refractivity contribution >= 4 is 17.3 Å². The monoisotopic (exact) mass is 157 g/mol. The zero-order chi connectivity index (χ0) is 7.40. The topological polar surface area (TPSA) is 39.2 Å². The maximum absolute atomic E-state index is 10.6. The molecule has 0 spiro atoms. The second-order valence-corrected chi connectivity index (χ2v) is 2.45. The molecule has 0 aliphatic rings. The van der Waals surface area contributed by atoms with E-state index in [4.69, 9.17) is 0 Å². The molecule has 1 rings (SSSR count). The first-order valence-corrected chi connectivity index (χ1v) is 3.71. The highest BCUT2D eigenvalue weighted by molar-refractivity contribution is 7.07. The molecule has 1 aromatic heterocycles. The Kier molecular flexibility index (Phi) is 2.39. The van der Waals surface area contributed by atoms with E-state index >= 15 is 0 Å². The molecule has 1 heterocycles. The lowest BCUT2D eigenvalue weighted by atomic mass is 10.3. The van der Waals surface area contributed by atoms with Gasteiger partial charge in [0.15, 0.2) is 0 Å². The van der Waals surface area contributed by atoms with Gasteiger partial charge in [-0.05, 0) is 0 Å². The van der Waals surface area contributed by atoms with Crippen molar-refractivity contribution in [2.75, 3.05) is 7.11 Å². The number of carbonyl (C=O) groups is 1. The van der Waals surface area contributed by atoms with Crippen LogP contribution in [0.2, 0.25) is 0 Å². The molecular formula is C6H7NO2S. The first kappa shape index (κ1) is 7.21. The van der Waals surface area contributed by atoms with Crippen molar-refractivity contribution in [1.29, 1.82) is 0 Å². The largest absolute Gasteiger partial charge is 0.469 e. The van der Waals surface area contributed by atoms with Crippen LogP contribution in [0, 0.1) is 0 Å².